The van der Waals surface area contributed by atoms with E-state index in [1.54, 1.807) is 0 Å². The van der Waals surface area contributed by atoms with Crippen molar-refractivity contribution in [2.75, 3.05) is 5.32 Å². The van der Waals surface area contributed by atoms with E-state index in [1.807, 2.05) is 35.8 Å². The van der Waals surface area contributed by atoms with E-state index in [9.17, 15) is 4.79 Å². The Bertz CT molecular complexity index is 974. The van der Waals surface area contributed by atoms with Gasteiger partial charge in [0.2, 0.25) is 11.0 Å². The number of aromatic nitrogens is 5. The molecule has 0 fully saturated rings. The molecule has 142 valence electrons. The summed E-state index contributed by atoms with van der Waals surface area (Å²) in [4.78, 5) is 12.3. The molecule has 0 spiro atoms. The van der Waals surface area contributed by atoms with Crippen LogP contribution >= 0.6 is 23.6 Å². The molecule has 1 amide bonds. The van der Waals surface area contributed by atoms with Gasteiger partial charge in [-0.15, -0.1) is 10.2 Å². The van der Waals surface area contributed by atoms with Crippen LogP contribution in [-0.2, 0) is 17.8 Å². The van der Waals surface area contributed by atoms with E-state index in [2.05, 4.69) is 32.6 Å². The molecule has 7 nitrogen and oxygen atoms in total. The third-order valence-electron chi connectivity index (χ3n) is 4.05. The molecule has 0 radical (unpaired) electrons. The van der Waals surface area contributed by atoms with Crippen molar-refractivity contribution in [3.8, 4) is 11.4 Å². The second-order valence-corrected chi connectivity index (χ2v) is 7.72. The maximum atomic E-state index is 12.3. The highest BCUT2D eigenvalue weighted by atomic mass is 32.1. The van der Waals surface area contributed by atoms with Crippen LogP contribution in [0.1, 0.15) is 36.8 Å². The first-order valence-electron chi connectivity index (χ1n) is 8.91. The number of aryl methyl sites for hydroxylation is 2. The van der Waals surface area contributed by atoms with Gasteiger partial charge in [0.15, 0.2) is 10.6 Å². The third-order valence-corrected chi connectivity index (χ3v) is 5.26. The zero-order chi connectivity index (χ0) is 19.2. The number of anilines is 1. The third kappa shape index (κ3) is 5.08. The number of aromatic amines is 1. The van der Waals surface area contributed by atoms with Crippen molar-refractivity contribution in [1.82, 2.24) is 25.0 Å². The molecule has 2 heterocycles. The standard InChI is InChI=1S/C18H22N6OS2/c1-3-4-8-15-20-22-17(27-15)19-14(25)9-10-24-16(21-23-18(24)26)13-7-5-6-12(2)11-13/h5-7,11H,3-4,8-10H2,1-2H3,(H,23,26)(H,19,22,25). The maximum absolute atomic E-state index is 12.3. The Morgan fingerprint density at radius 1 is 1.37 bits per heavy atom. The number of benzene rings is 1. The minimum atomic E-state index is -0.119. The summed E-state index contributed by atoms with van der Waals surface area (Å²) in [5, 5.41) is 19.6. The predicted molar refractivity (Wildman–Crippen MR) is 109 cm³/mol. The van der Waals surface area contributed by atoms with Crippen molar-refractivity contribution in [2.45, 2.75) is 46.1 Å². The van der Waals surface area contributed by atoms with Crippen LogP contribution in [-0.4, -0.2) is 30.9 Å². The van der Waals surface area contributed by atoms with Crippen molar-refractivity contribution in [3.05, 3.63) is 39.6 Å². The highest BCUT2D eigenvalue weighted by Gasteiger charge is 2.12. The van der Waals surface area contributed by atoms with E-state index in [1.165, 1.54) is 11.3 Å². The number of carbonyl (C=O) groups excluding carboxylic acids is 1. The van der Waals surface area contributed by atoms with E-state index in [0.29, 0.717) is 16.4 Å². The Hall–Kier alpha value is -2.39. The minimum Gasteiger partial charge on any atom is -0.300 e. The molecule has 0 bridgehead atoms. The number of amides is 1. The molecule has 27 heavy (non-hydrogen) atoms. The van der Waals surface area contributed by atoms with Gasteiger partial charge in [0.05, 0.1) is 0 Å². The normalized spacial score (nSPS) is 10.9. The lowest BCUT2D eigenvalue weighted by Gasteiger charge is -2.07. The quantitative estimate of drug-likeness (QED) is 0.553. The Morgan fingerprint density at radius 2 is 2.22 bits per heavy atom. The number of hydrogen-bond donors (Lipinski definition) is 2. The Morgan fingerprint density at radius 3 is 3.00 bits per heavy atom. The Kier molecular flexibility index (Phi) is 6.46. The first kappa shape index (κ1) is 19.4. The molecule has 0 aliphatic rings. The van der Waals surface area contributed by atoms with Crippen molar-refractivity contribution in [1.29, 1.82) is 0 Å². The van der Waals surface area contributed by atoms with Gasteiger partial charge in [0.25, 0.3) is 0 Å². The first-order chi connectivity index (χ1) is 13.1. The summed E-state index contributed by atoms with van der Waals surface area (Å²) < 4.78 is 2.34. The van der Waals surface area contributed by atoms with E-state index >= 15 is 0 Å². The lowest BCUT2D eigenvalue weighted by Crippen LogP contribution is -2.15. The fourth-order valence-electron chi connectivity index (χ4n) is 2.66. The average Bonchev–Trinajstić information content (AvgIpc) is 3.24. The lowest BCUT2D eigenvalue weighted by atomic mass is 10.1. The summed E-state index contributed by atoms with van der Waals surface area (Å²) in [6.45, 7) is 4.60. The molecule has 3 rings (SSSR count). The van der Waals surface area contributed by atoms with E-state index in [-0.39, 0.29) is 12.3 Å². The van der Waals surface area contributed by atoms with Gasteiger partial charge in [-0.1, -0.05) is 48.4 Å². The lowest BCUT2D eigenvalue weighted by molar-refractivity contribution is -0.116. The second-order valence-electron chi connectivity index (χ2n) is 6.28. The topological polar surface area (TPSA) is 88.5 Å². The van der Waals surface area contributed by atoms with Crippen LogP contribution < -0.4 is 5.32 Å². The van der Waals surface area contributed by atoms with Crippen molar-refractivity contribution in [3.63, 3.8) is 0 Å². The van der Waals surface area contributed by atoms with E-state index < -0.39 is 0 Å². The highest BCUT2D eigenvalue weighted by molar-refractivity contribution is 7.71. The van der Waals surface area contributed by atoms with Crippen LogP contribution in [0.3, 0.4) is 0 Å². The van der Waals surface area contributed by atoms with Gasteiger partial charge < -0.3 is 5.32 Å². The van der Waals surface area contributed by atoms with Crippen LogP contribution in [0.4, 0.5) is 5.13 Å². The van der Waals surface area contributed by atoms with E-state index in [4.69, 9.17) is 12.2 Å². The molecular formula is C18H22N6OS2. The predicted octanol–water partition coefficient (Wildman–Crippen LogP) is 4.14. The molecule has 0 saturated carbocycles. The summed E-state index contributed by atoms with van der Waals surface area (Å²) in [6, 6.07) is 8.03. The SMILES string of the molecule is CCCCc1nnc(NC(=O)CCn2c(-c3cccc(C)c3)n[nH]c2=S)s1. The molecule has 3 aromatic rings. The van der Waals surface area contributed by atoms with Gasteiger partial charge in [0.1, 0.15) is 5.01 Å². The molecule has 9 heteroatoms. The zero-order valence-corrected chi connectivity index (χ0v) is 17.0. The highest BCUT2D eigenvalue weighted by Crippen LogP contribution is 2.20. The zero-order valence-electron chi connectivity index (χ0n) is 15.4. The summed E-state index contributed by atoms with van der Waals surface area (Å²) >= 11 is 6.75. The molecule has 0 atom stereocenters. The van der Waals surface area contributed by atoms with Crippen LogP contribution in [0.5, 0.6) is 0 Å². The number of carbonyl (C=O) groups is 1. The van der Waals surface area contributed by atoms with E-state index in [0.717, 1.165) is 41.2 Å². The summed E-state index contributed by atoms with van der Waals surface area (Å²) in [5.41, 5.74) is 2.10. The minimum absolute atomic E-state index is 0.119. The number of nitrogens with zero attached hydrogens (tertiary/aromatic N) is 4. The van der Waals surface area contributed by atoms with Gasteiger partial charge in [-0.2, -0.15) is 5.10 Å². The number of hydrogen-bond acceptors (Lipinski definition) is 6. The summed E-state index contributed by atoms with van der Waals surface area (Å²) in [7, 11) is 0. The van der Waals surface area contributed by atoms with Gasteiger partial charge in [0, 0.05) is 24.9 Å². The summed E-state index contributed by atoms with van der Waals surface area (Å²) in [5.74, 6) is 0.612. The maximum Gasteiger partial charge on any atom is 0.227 e. The van der Waals surface area contributed by atoms with Crippen molar-refractivity contribution in [2.24, 2.45) is 0 Å². The number of nitrogens with one attached hydrogen (secondary N) is 2. The molecule has 0 aliphatic carbocycles. The number of unbranched alkanes of at least 4 members (excludes halogenated alkanes) is 1. The molecule has 2 N–H and O–H groups in total. The molecular weight excluding hydrogens is 380 g/mol. The average molecular weight is 403 g/mol. The van der Waals surface area contributed by atoms with Gasteiger partial charge in [-0.3, -0.25) is 14.5 Å². The van der Waals surface area contributed by atoms with Crippen molar-refractivity contribution < 1.29 is 4.79 Å². The molecule has 1 aromatic carbocycles. The van der Waals surface area contributed by atoms with Crippen molar-refractivity contribution >= 4 is 34.6 Å². The van der Waals surface area contributed by atoms with Gasteiger partial charge >= 0.3 is 0 Å². The Balaban J connectivity index is 1.63. The Labute approximate surface area is 166 Å². The largest absolute Gasteiger partial charge is 0.300 e. The second kappa shape index (κ2) is 9.01. The van der Waals surface area contributed by atoms with Crippen LogP contribution in [0, 0.1) is 11.7 Å². The molecule has 0 aliphatic heterocycles. The molecule has 0 saturated heterocycles. The van der Waals surface area contributed by atoms with Gasteiger partial charge in [-0.05, 0) is 31.6 Å². The fourth-order valence-corrected chi connectivity index (χ4v) is 3.68. The van der Waals surface area contributed by atoms with Crippen LogP contribution in [0.15, 0.2) is 24.3 Å². The van der Waals surface area contributed by atoms with Crippen LogP contribution in [0.2, 0.25) is 0 Å². The first-order valence-corrected chi connectivity index (χ1v) is 10.1. The van der Waals surface area contributed by atoms with Gasteiger partial charge in [-0.25, -0.2) is 0 Å². The fraction of sp³-hybridized carbons (Fsp3) is 0.389. The molecule has 2 aromatic heterocycles. The summed E-state index contributed by atoms with van der Waals surface area (Å²) in [6.07, 6.45) is 3.35. The number of rotatable bonds is 8. The number of H-pyrrole nitrogens is 1. The molecule has 0 unspecified atom stereocenters. The monoisotopic (exact) mass is 402 g/mol. The smallest absolute Gasteiger partial charge is 0.227 e. The van der Waals surface area contributed by atoms with Crippen LogP contribution in [0.25, 0.3) is 11.4 Å².